The van der Waals surface area contributed by atoms with Crippen molar-refractivity contribution >= 4 is 40.4 Å². The van der Waals surface area contributed by atoms with E-state index in [1.54, 1.807) is 36.3 Å². The summed E-state index contributed by atoms with van der Waals surface area (Å²) >= 11 is 0. The summed E-state index contributed by atoms with van der Waals surface area (Å²) < 4.78 is 5.75. The Morgan fingerprint density at radius 1 is 1.06 bits per heavy atom. The Bertz CT molecular complexity index is 1230. The minimum atomic E-state index is -0.294. The first-order valence-electron chi connectivity index (χ1n) is 11.0. The molecule has 0 bridgehead atoms. The van der Waals surface area contributed by atoms with Crippen molar-refractivity contribution in [1.82, 2.24) is 10.3 Å². The monoisotopic (exact) mass is 461 g/mol. The van der Waals surface area contributed by atoms with Gasteiger partial charge in [-0.3, -0.25) is 9.59 Å². The van der Waals surface area contributed by atoms with Crippen molar-refractivity contribution in [3.63, 3.8) is 0 Å². The molecule has 1 aliphatic rings. The van der Waals surface area contributed by atoms with Crippen LogP contribution in [0.2, 0.25) is 0 Å². The van der Waals surface area contributed by atoms with E-state index < -0.39 is 0 Å². The molecule has 1 aliphatic heterocycles. The molecule has 0 aliphatic carbocycles. The van der Waals surface area contributed by atoms with Gasteiger partial charge in [-0.1, -0.05) is 12.1 Å². The predicted molar refractivity (Wildman–Crippen MR) is 132 cm³/mol. The molecule has 2 amide bonds. The molecule has 0 saturated carbocycles. The number of hydrogen-bond acceptors (Lipinski definition) is 7. The van der Waals surface area contributed by atoms with Crippen LogP contribution in [-0.4, -0.2) is 55.8 Å². The second kappa shape index (κ2) is 9.80. The molecule has 9 nitrogen and oxygen atoms in total. The van der Waals surface area contributed by atoms with E-state index in [1.807, 2.05) is 49.2 Å². The highest BCUT2D eigenvalue weighted by Gasteiger charge is 2.27. The van der Waals surface area contributed by atoms with Gasteiger partial charge in [-0.25, -0.2) is 4.98 Å². The van der Waals surface area contributed by atoms with Gasteiger partial charge in [-0.05, 0) is 37.3 Å². The fourth-order valence-corrected chi connectivity index (χ4v) is 3.85. The number of ether oxygens (including phenoxy) is 1. The number of rotatable bonds is 7. The third kappa shape index (κ3) is 4.38. The largest absolute Gasteiger partial charge is 0.492 e. The number of nitrogens with one attached hydrogen (secondary N) is 2. The fraction of sp³-hybridized carbons (Fsp3) is 0.240. The first kappa shape index (κ1) is 23.1. The standard InChI is InChI=1S/C25H27N5O4/c1-4-34-22-13-16(24(32)26-11-12-31)9-10-18(22)28-23-14-20-21(15-27-23)30(3)25(33)17-7-5-6-8-19(17)29(20)2/h5-10,13-15,31H,4,11-12H2,1-3H3,(H,26,32)(H,27,28). The summed E-state index contributed by atoms with van der Waals surface area (Å²) in [4.78, 5) is 33.3. The average Bonchev–Trinajstić information content (AvgIpc) is 2.93. The fourth-order valence-electron chi connectivity index (χ4n) is 3.85. The molecule has 2 heterocycles. The molecule has 3 N–H and O–H groups in total. The first-order valence-corrected chi connectivity index (χ1v) is 11.0. The molecule has 0 radical (unpaired) electrons. The van der Waals surface area contributed by atoms with Gasteiger partial charge in [0.05, 0.1) is 47.7 Å². The summed E-state index contributed by atoms with van der Waals surface area (Å²) in [7, 11) is 3.65. The summed E-state index contributed by atoms with van der Waals surface area (Å²) in [5.41, 5.74) is 4.00. The quantitative estimate of drug-likeness (QED) is 0.496. The first-order chi connectivity index (χ1) is 16.4. The summed E-state index contributed by atoms with van der Waals surface area (Å²) in [5.74, 6) is 0.668. The third-order valence-electron chi connectivity index (χ3n) is 5.59. The molecule has 1 aromatic heterocycles. The molecule has 176 valence electrons. The molecular formula is C25H27N5O4. The number of fused-ring (bicyclic) bond motifs is 2. The molecule has 2 aromatic carbocycles. The highest BCUT2D eigenvalue weighted by Crippen LogP contribution is 2.40. The van der Waals surface area contributed by atoms with E-state index >= 15 is 0 Å². The van der Waals surface area contributed by atoms with Crippen molar-refractivity contribution in [3.8, 4) is 5.75 Å². The molecule has 4 rings (SSSR count). The lowest BCUT2D eigenvalue weighted by Gasteiger charge is -2.23. The molecular weight excluding hydrogens is 434 g/mol. The van der Waals surface area contributed by atoms with Gasteiger partial charge in [-0.2, -0.15) is 0 Å². The van der Waals surface area contributed by atoms with Crippen molar-refractivity contribution in [2.75, 3.05) is 49.0 Å². The van der Waals surface area contributed by atoms with Gasteiger partial charge in [0.15, 0.2) is 0 Å². The topological polar surface area (TPSA) is 107 Å². The molecule has 9 heteroatoms. The Morgan fingerprint density at radius 3 is 2.62 bits per heavy atom. The van der Waals surface area contributed by atoms with Crippen LogP contribution in [0.5, 0.6) is 5.75 Å². The summed E-state index contributed by atoms with van der Waals surface area (Å²) in [6.45, 7) is 2.32. The zero-order valence-corrected chi connectivity index (χ0v) is 19.3. The van der Waals surface area contributed by atoms with Gasteiger partial charge in [-0.15, -0.1) is 0 Å². The van der Waals surface area contributed by atoms with Crippen LogP contribution in [-0.2, 0) is 0 Å². The third-order valence-corrected chi connectivity index (χ3v) is 5.59. The van der Waals surface area contributed by atoms with E-state index in [-0.39, 0.29) is 25.0 Å². The predicted octanol–water partition coefficient (Wildman–Crippen LogP) is 3.30. The van der Waals surface area contributed by atoms with E-state index in [2.05, 4.69) is 15.6 Å². The number of carbonyl (C=O) groups excluding carboxylic acids is 2. The van der Waals surface area contributed by atoms with Crippen LogP contribution in [0.15, 0.2) is 54.7 Å². The zero-order valence-electron chi connectivity index (χ0n) is 19.3. The minimum Gasteiger partial charge on any atom is -0.492 e. The van der Waals surface area contributed by atoms with Gasteiger partial charge < -0.3 is 30.3 Å². The van der Waals surface area contributed by atoms with Crippen molar-refractivity contribution in [3.05, 3.63) is 65.9 Å². The van der Waals surface area contributed by atoms with Crippen molar-refractivity contribution in [2.24, 2.45) is 0 Å². The van der Waals surface area contributed by atoms with E-state index in [4.69, 9.17) is 9.84 Å². The number of amides is 2. The number of anilines is 5. The Morgan fingerprint density at radius 2 is 1.85 bits per heavy atom. The molecule has 0 saturated heterocycles. The van der Waals surface area contributed by atoms with Gasteiger partial charge in [0, 0.05) is 32.3 Å². The summed E-state index contributed by atoms with van der Waals surface area (Å²) in [6.07, 6.45) is 1.66. The van der Waals surface area contributed by atoms with E-state index in [9.17, 15) is 9.59 Å². The summed E-state index contributed by atoms with van der Waals surface area (Å²) in [6, 6.07) is 14.4. The minimum absolute atomic E-state index is 0.0996. The van der Waals surface area contributed by atoms with Gasteiger partial charge in [0.1, 0.15) is 11.6 Å². The number of para-hydroxylation sites is 1. The van der Waals surface area contributed by atoms with Crippen molar-refractivity contribution < 1.29 is 19.4 Å². The van der Waals surface area contributed by atoms with Crippen LogP contribution >= 0.6 is 0 Å². The molecule has 0 spiro atoms. The SMILES string of the molecule is CCOc1cc(C(=O)NCCO)ccc1Nc1cc2c(cn1)N(C)C(=O)c1ccccc1N2C. The molecule has 0 unspecified atom stereocenters. The van der Waals surface area contributed by atoms with Crippen LogP contribution < -0.4 is 25.2 Å². The summed E-state index contributed by atoms with van der Waals surface area (Å²) in [5, 5.41) is 14.8. The number of carbonyl (C=O) groups is 2. The van der Waals surface area contributed by atoms with Crippen LogP contribution in [0.3, 0.4) is 0 Å². The maximum Gasteiger partial charge on any atom is 0.260 e. The number of aromatic nitrogens is 1. The van der Waals surface area contributed by atoms with Crippen LogP contribution in [0.1, 0.15) is 27.6 Å². The number of nitrogens with zero attached hydrogens (tertiary/aromatic N) is 3. The average molecular weight is 462 g/mol. The lowest BCUT2D eigenvalue weighted by molar-refractivity contribution is 0.0943. The van der Waals surface area contributed by atoms with Crippen molar-refractivity contribution in [1.29, 1.82) is 0 Å². The van der Waals surface area contributed by atoms with Crippen LogP contribution in [0.4, 0.5) is 28.6 Å². The van der Waals surface area contributed by atoms with Crippen molar-refractivity contribution in [2.45, 2.75) is 6.92 Å². The maximum atomic E-state index is 13.0. The van der Waals surface area contributed by atoms with E-state index in [1.165, 1.54) is 0 Å². The Balaban J connectivity index is 1.68. The van der Waals surface area contributed by atoms with Gasteiger partial charge >= 0.3 is 0 Å². The molecule has 34 heavy (non-hydrogen) atoms. The number of pyridine rings is 1. The molecule has 0 fully saturated rings. The highest BCUT2D eigenvalue weighted by atomic mass is 16.5. The highest BCUT2D eigenvalue weighted by molar-refractivity contribution is 6.13. The molecule has 3 aromatic rings. The normalized spacial score (nSPS) is 12.5. The Hall–Kier alpha value is -4.11. The van der Waals surface area contributed by atoms with Gasteiger partial charge in [0.25, 0.3) is 11.8 Å². The zero-order chi connectivity index (χ0) is 24.2. The lowest BCUT2D eigenvalue weighted by atomic mass is 10.1. The second-order valence-corrected chi connectivity index (χ2v) is 7.75. The number of benzene rings is 2. The number of aliphatic hydroxyl groups excluding tert-OH is 1. The van der Waals surface area contributed by atoms with Gasteiger partial charge in [0.2, 0.25) is 0 Å². The lowest BCUT2D eigenvalue weighted by Crippen LogP contribution is -2.26. The Labute approximate surface area is 198 Å². The maximum absolute atomic E-state index is 13.0. The molecule has 0 atom stereocenters. The van der Waals surface area contributed by atoms with Crippen LogP contribution in [0.25, 0.3) is 0 Å². The number of aliphatic hydroxyl groups is 1. The second-order valence-electron chi connectivity index (χ2n) is 7.75. The Kier molecular flexibility index (Phi) is 6.65. The number of hydrogen-bond donors (Lipinski definition) is 3. The van der Waals surface area contributed by atoms with Crippen LogP contribution in [0, 0.1) is 0 Å². The van der Waals surface area contributed by atoms with E-state index in [0.29, 0.717) is 40.7 Å². The van der Waals surface area contributed by atoms with E-state index in [0.717, 1.165) is 11.4 Å². The smallest absolute Gasteiger partial charge is 0.260 e.